The number of aliphatic carboxylic acids is 1. The molecule has 0 radical (unpaired) electrons. The predicted octanol–water partition coefficient (Wildman–Crippen LogP) is -1.01. The minimum Gasteiger partial charge on any atom is -0.481 e. The van der Waals surface area contributed by atoms with Crippen molar-refractivity contribution in [2.75, 3.05) is 25.9 Å². The van der Waals surface area contributed by atoms with E-state index in [2.05, 4.69) is 10.0 Å². The van der Waals surface area contributed by atoms with Crippen molar-refractivity contribution in [1.82, 2.24) is 10.0 Å². The smallest absolute Gasteiger partial charge is 0.304 e. The van der Waals surface area contributed by atoms with Gasteiger partial charge in [-0.15, -0.1) is 0 Å². The molecule has 0 aromatic rings. The fraction of sp³-hybridized carbons (Fsp3) is 0.857. The quantitative estimate of drug-likeness (QED) is 0.459. The highest BCUT2D eigenvalue weighted by molar-refractivity contribution is 7.89. The molecule has 0 aromatic heterocycles. The van der Waals surface area contributed by atoms with Crippen LogP contribution in [-0.2, 0) is 14.8 Å². The highest BCUT2D eigenvalue weighted by Gasteiger charge is 2.11. The van der Waals surface area contributed by atoms with Crippen molar-refractivity contribution in [2.24, 2.45) is 0 Å². The molecule has 14 heavy (non-hydrogen) atoms. The van der Waals surface area contributed by atoms with E-state index < -0.39 is 16.0 Å². The summed E-state index contributed by atoms with van der Waals surface area (Å²) in [6, 6.07) is 0. The van der Waals surface area contributed by atoms with E-state index in [1.165, 1.54) is 0 Å². The van der Waals surface area contributed by atoms with Crippen molar-refractivity contribution in [2.45, 2.75) is 12.8 Å². The zero-order chi connectivity index (χ0) is 11.0. The summed E-state index contributed by atoms with van der Waals surface area (Å²) in [5.41, 5.74) is 0. The topological polar surface area (TPSA) is 95.5 Å². The first-order chi connectivity index (χ1) is 6.48. The first-order valence-electron chi connectivity index (χ1n) is 4.31. The third-order valence-corrected chi connectivity index (χ3v) is 2.90. The van der Waals surface area contributed by atoms with Gasteiger partial charge in [0.2, 0.25) is 10.0 Å². The van der Waals surface area contributed by atoms with Crippen LogP contribution >= 0.6 is 0 Å². The highest BCUT2D eigenvalue weighted by atomic mass is 32.2. The minimum absolute atomic E-state index is 0.336. The van der Waals surface area contributed by atoms with Crippen LogP contribution < -0.4 is 10.0 Å². The zero-order valence-corrected chi connectivity index (χ0v) is 8.93. The molecule has 0 heterocycles. The van der Waals surface area contributed by atoms with Gasteiger partial charge in [0.05, 0.1) is 12.2 Å². The maximum absolute atomic E-state index is 11.1. The van der Waals surface area contributed by atoms with E-state index in [9.17, 15) is 13.2 Å². The predicted molar refractivity (Wildman–Crippen MR) is 52.6 cm³/mol. The Kier molecular flexibility index (Phi) is 6.43. The van der Waals surface area contributed by atoms with Gasteiger partial charge in [-0.05, 0) is 20.0 Å². The van der Waals surface area contributed by atoms with Crippen molar-refractivity contribution in [3.63, 3.8) is 0 Å². The van der Waals surface area contributed by atoms with Crippen LogP contribution in [0.25, 0.3) is 0 Å². The largest absolute Gasteiger partial charge is 0.481 e. The lowest BCUT2D eigenvalue weighted by atomic mass is 10.4. The first kappa shape index (κ1) is 13.3. The maximum atomic E-state index is 11.1. The van der Waals surface area contributed by atoms with E-state index in [0.29, 0.717) is 13.0 Å². The van der Waals surface area contributed by atoms with Crippen LogP contribution in [0.4, 0.5) is 0 Å². The SMILES string of the molecule is CNCCCNS(=O)(=O)CCC(=O)O. The second-order valence-corrected chi connectivity index (χ2v) is 4.74. The molecule has 0 amide bonds. The number of hydrogen-bond acceptors (Lipinski definition) is 4. The molecule has 6 nitrogen and oxygen atoms in total. The van der Waals surface area contributed by atoms with Crippen LogP contribution in [0.2, 0.25) is 0 Å². The molecule has 0 unspecified atom stereocenters. The van der Waals surface area contributed by atoms with Gasteiger partial charge in [-0.1, -0.05) is 0 Å². The molecule has 0 rings (SSSR count). The Morgan fingerprint density at radius 1 is 1.36 bits per heavy atom. The van der Waals surface area contributed by atoms with Gasteiger partial charge in [-0.3, -0.25) is 4.79 Å². The van der Waals surface area contributed by atoms with E-state index in [4.69, 9.17) is 5.11 Å². The molecular weight excluding hydrogens is 208 g/mol. The number of hydrogen-bond donors (Lipinski definition) is 3. The number of carboxylic acid groups (broad SMARTS) is 1. The van der Waals surface area contributed by atoms with Crippen LogP contribution in [-0.4, -0.2) is 45.4 Å². The average Bonchev–Trinajstić information content (AvgIpc) is 2.10. The Hall–Kier alpha value is -0.660. The van der Waals surface area contributed by atoms with Crippen LogP contribution in [0.5, 0.6) is 0 Å². The number of nitrogens with one attached hydrogen (secondary N) is 2. The van der Waals surface area contributed by atoms with Crippen LogP contribution in [0, 0.1) is 0 Å². The molecule has 7 heteroatoms. The molecular formula is C7H16N2O4S. The monoisotopic (exact) mass is 224 g/mol. The summed E-state index contributed by atoms with van der Waals surface area (Å²) in [5.74, 6) is -1.47. The molecule has 0 aliphatic heterocycles. The molecule has 0 saturated heterocycles. The lowest BCUT2D eigenvalue weighted by Gasteiger charge is -2.04. The third kappa shape index (κ3) is 7.96. The molecule has 0 saturated carbocycles. The summed E-state index contributed by atoms with van der Waals surface area (Å²) in [7, 11) is -1.64. The lowest BCUT2D eigenvalue weighted by molar-refractivity contribution is -0.136. The summed E-state index contributed by atoms with van der Waals surface area (Å²) in [5, 5.41) is 11.2. The Bertz CT molecular complexity index is 263. The van der Waals surface area contributed by atoms with E-state index in [1.54, 1.807) is 7.05 Å². The fourth-order valence-corrected chi connectivity index (χ4v) is 1.83. The van der Waals surface area contributed by atoms with Crippen molar-refractivity contribution in [1.29, 1.82) is 0 Å². The Morgan fingerprint density at radius 3 is 2.50 bits per heavy atom. The molecule has 0 aliphatic carbocycles. The molecule has 0 spiro atoms. The highest BCUT2D eigenvalue weighted by Crippen LogP contribution is 1.89. The third-order valence-electron chi connectivity index (χ3n) is 1.51. The first-order valence-corrected chi connectivity index (χ1v) is 5.97. The fourth-order valence-electron chi connectivity index (χ4n) is 0.787. The molecule has 0 aromatic carbocycles. The van der Waals surface area contributed by atoms with Gasteiger partial charge in [0.25, 0.3) is 0 Å². The van der Waals surface area contributed by atoms with E-state index >= 15 is 0 Å². The van der Waals surface area contributed by atoms with Crippen molar-refractivity contribution in [3.05, 3.63) is 0 Å². The van der Waals surface area contributed by atoms with Gasteiger partial charge >= 0.3 is 5.97 Å². The summed E-state index contributed by atoms with van der Waals surface area (Å²) >= 11 is 0. The number of carboxylic acids is 1. The number of carbonyl (C=O) groups is 1. The summed E-state index contributed by atoms with van der Waals surface area (Å²) in [4.78, 5) is 10.1. The van der Waals surface area contributed by atoms with Gasteiger partial charge in [0.1, 0.15) is 0 Å². The number of sulfonamides is 1. The van der Waals surface area contributed by atoms with Crippen molar-refractivity contribution >= 4 is 16.0 Å². The van der Waals surface area contributed by atoms with Crippen molar-refractivity contribution < 1.29 is 18.3 Å². The summed E-state index contributed by atoms with van der Waals surface area (Å²) in [6.45, 7) is 1.06. The zero-order valence-electron chi connectivity index (χ0n) is 8.12. The van der Waals surface area contributed by atoms with Gasteiger partial charge in [0, 0.05) is 6.54 Å². The molecule has 0 atom stereocenters. The average molecular weight is 224 g/mol. The minimum atomic E-state index is -3.42. The van der Waals surface area contributed by atoms with Gasteiger partial charge in [-0.25, -0.2) is 13.1 Å². The van der Waals surface area contributed by atoms with Gasteiger partial charge < -0.3 is 10.4 Å². The van der Waals surface area contributed by atoms with Crippen LogP contribution in [0.1, 0.15) is 12.8 Å². The Labute approximate surface area is 83.7 Å². The standard InChI is InChI=1S/C7H16N2O4S/c1-8-4-2-5-9-14(12,13)6-3-7(10)11/h8-9H,2-6H2,1H3,(H,10,11). The van der Waals surface area contributed by atoms with E-state index in [0.717, 1.165) is 6.54 Å². The molecule has 84 valence electrons. The number of rotatable bonds is 8. The Morgan fingerprint density at radius 2 is 2.00 bits per heavy atom. The molecule has 3 N–H and O–H groups in total. The summed E-state index contributed by atoms with van der Waals surface area (Å²) < 4.78 is 24.5. The second-order valence-electron chi connectivity index (χ2n) is 2.81. The molecule has 0 fully saturated rings. The van der Waals surface area contributed by atoms with Crippen LogP contribution in [0.3, 0.4) is 0 Å². The normalized spacial score (nSPS) is 11.5. The van der Waals surface area contributed by atoms with Gasteiger partial charge in [-0.2, -0.15) is 0 Å². The van der Waals surface area contributed by atoms with E-state index in [1.807, 2.05) is 0 Å². The van der Waals surface area contributed by atoms with Crippen LogP contribution in [0.15, 0.2) is 0 Å². The van der Waals surface area contributed by atoms with Gasteiger partial charge in [0.15, 0.2) is 0 Å². The lowest BCUT2D eigenvalue weighted by Crippen LogP contribution is -2.29. The summed E-state index contributed by atoms with van der Waals surface area (Å²) in [6.07, 6.45) is 0.324. The maximum Gasteiger partial charge on any atom is 0.304 e. The van der Waals surface area contributed by atoms with E-state index in [-0.39, 0.29) is 12.2 Å². The molecule has 0 bridgehead atoms. The second kappa shape index (κ2) is 6.74. The molecule has 0 aliphatic rings. The Balaban J connectivity index is 3.67. The van der Waals surface area contributed by atoms with Crippen molar-refractivity contribution in [3.8, 4) is 0 Å².